The highest BCUT2D eigenvalue weighted by molar-refractivity contribution is 7.98. The number of imidazole rings is 2. The van der Waals surface area contributed by atoms with Crippen LogP contribution >= 0.6 is 11.8 Å². The summed E-state index contributed by atoms with van der Waals surface area (Å²) >= 11 is 1.55. The summed E-state index contributed by atoms with van der Waals surface area (Å²) in [6, 6.07) is -4.11. The van der Waals surface area contributed by atoms with Crippen LogP contribution in [0.3, 0.4) is 0 Å². The molecule has 36 heavy (non-hydrogen) atoms. The molecule has 0 radical (unpaired) electrons. The number of nitrogens with two attached hydrogens (primary N) is 1. The first-order chi connectivity index (χ1) is 17.1. The van der Waals surface area contributed by atoms with Crippen LogP contribution in [0, 0.1) is 5.92 Å². The van der Waals surface area contributed by atoms with Crippen LogP contribution in [0.4, 0.5) is 0 Å². The predicted octanol–water partition coefficient (Wildman–Crippen LogP) is -0.807. The standard InChI is InChI=1S/C22H34N8O5S/c1-12(2)18(21(33)29-17(22(34)35)7-14-9-25-11-27-14)30-20(32)16(6-13-8-24-10-26-13)28-19(31)15(23)4-5-36-3/h8-12,15-18H,4-7,23H2,1-3H3,(H,24,26)(H,25,27)(H,28,31)(H,29,33)(H,30,32)(H,34,35). The van der Waals surface area contributed by atoms with E-state index >= 15 is 0 Å². The molecule has 0 aliphatic carbocycles. The molecule has 0 aliphatic heterocycles. The van der Waals surface area contributed by atoms with Crippen molar-refractivity contribution in [2.75, 3.05) is 12.0 Å². The maximum absolute atomic E-state index is 13.2. The number of carbonyl (C=O) groups excluding carboxylic acids is 3. The first-order valence-electron chi connectivity index (χ1n) is 11.4. The molecular weight excluding hydrogens is 488 g/mol. The maximum atomic E-state index is 13.2. The fourth-order valence-corrected chi connectivity index (χ4v) is 3.84. The third-order valence-electron chi connectivity index (χ3n) is 5.42. The zero-order valence-corrected chi connectivity index (χ0v) is 21.3. The third kappa shape index (κ3) is 9.00. The molecule has 2 rings (SSSR count). The molecular formula is C22H34N8O5S. The Kier molecular flexibility index (Phi) is 11.4. The van der Waals surface area contributed by atoms with Crippen molar-refractivity contribution in [1.29, 1.82) is 0 Å². The highest BCUT2D eigenvalue weighted by Crippen LogP contribution is 2.08. The minimum Gasteiger partial charge on any atom is -0.480 e. The Balaban J connectivity index is 2.13. The Labute approximate surface area is 213 Å². The van der Waals surface area contributed by atoms with Gasteiger partial charge in [-0.3, -0.25) is 14.4 Å². The Morgan fingerprint density at radius 2 is 1.50 bits per heavy atom. The van der Waals surface area contributed by atoms with Crippen molar-refractivity contribution in [3.05, 3.63) is 36.4 Å². The van der Waals surface area contributed by atoms with Gasteiger partial charge in [0.15, 0.2) is 0 Å². The Bertz CT molecular complexity index is 983. The lowest BCUT2D eigenvalue weighted by atomic mass is 10.0. The van der Waals surface area contributed by atoms with Crippen LogP contribution in [-0.4, -0.2) is 84.9 Å². The first kappa shape index (κ1) is 28.8. The number of aromatic nitrogens is 4. The summed E-state index contributed by atoms with van der Waals surface area (Å²) in [5.41, 5.74) is 7.09. The van der Waals surface area contributed by atoms with Crippen LogP contribution in [0.25, 0.3) is 0 Å². The zero-order chi connectivity index (χ0) is 26.7. The minimum atomic E-state index is -1.23. The van der Waals surface area contributed by atoms with Crippen molar-refractivity contribution in [2.24, 2.45) is 11.7 Å². The lowest BCUT2D eigenvalue weighted by Gasteiger charge is -2.27. The van der Waals surface area contributed by atoms with Gasteiger partial charge < -0.3 is 36.8 Å². The molecule has 0 saturated heterocycles. The van der Waals surface area contributed by atoms with Crippen LogP contribution < -0.4 is 21.7 Å². The molecule has 2 aromatic heterocycles. The summed E-state index contributed by atoms with van der Waals surface area (Å²) in [5, 5.41) is 17.4. The number of thioether (sulfide) groups is 1. The van der Waals surface area contributed by atoms with Gasteiger partial charge in [0.2, 0.25) is 17.7 Å². The van der Waals surface area contributed by atoms with Gasteiger partial charge in [-0.05, 0) is 24.3 Å². The van der Waals surface area contributed by atoms with Crippen molar-refractivity contribution in [1.82, 2.24) is 35.9 Å². The summed E-state index contributed by atoms with van der Waals surface area (Å²) < 4.78 is 0. The van der Waals surface area contributed by atoms with Crippen LogP contribution in [-0.2, 0) is 32.0 Å². The summed E-state index contributed by atoms with van der Waals surface area (Å²) in [6.07, 6.45) is 8.29. The van der Waals surface area contributed by atoms with Crippen LogP contribution in [0.15, 0.2) is 25.0 Å². The van der Waals surface area contributed by atoms with Gasteiger partial charge in [-0.1, -0.05) is 13.8 Å². The third-order valence-corrected chi connectivity index (χ3v) is 6.07. The number of H-pyrrole nitrogens is 2. The van der Waals surface area contributed by atoms with Gasteiger partial charge in [-0.25, -0.2) is 14.8 Å². The van der Waals surface area contributed by atoms with E-state index in [0.717, 1.165) is 0 Å². The number of nitrogens with one attached hydrogen (secondary N) is 5. The molecule has 198 valence electrons. The maximum Gasteiger partial charge on any atom is 0.326 e. The molecule has 0 spiro atoms. The number of amides is 3. The number of carboxylic acids is 1. The number of hydrogen-bond donors (Lipinski definition) is 7. The average Bonchev–Trinajstić information content (AvgIpc) is 3.53. The van der Waals surface area contributed by atoms with Gasteiger partial charge in [-0.2, -0.15) is 11.8 Å². The second-order valence-electron chi connectivity index (χ2n) is 8.64. The topological polar surface area (TPSA) is 208 Å². The average molecular weight is 523 g/mol. The summed E-state index contributed by atoms with van der Waals surface area (Å²) in [6.45, 7) is 3.44. The lowest BCUT2D eigenvalue weighted by Crippen LogP contribution is -2.59. The van der Waals surface area contributed by atoms with E-state index < -0.39 is 47.9 Å². The van der Waals surface area contributed by atoms with Crippen molar-refractivity contribution in [3.8, 4) is 0 Å². The van der Waals surface area contributed by atoms with E-state index in [4.69, 9.17) is 5.73 Å². The van der Waals surface area contributed by atoms with Crippen LogP contribution in [0.2, 0.25) is 0 Å². The van der Waals surface area contributed by atoms with E-state index in [1.807, 2.05) is 6.26 Å². The Hall–Kier alpha value is -3.39. The molecule has 2 aromatic rings. The second kappa shape index (κ2) is 14.2. The molecule has 4 atom stereocenters. The van der Waals surface area contributed by atoms with Gasteiger partial charge >= 0.3 is 5.97 Å². The Morgan fingerprint density at radius 3 is 1.97 bits per heavy atom. The van der Waals surface area contributed by atoms with Crippen molar-refractivity contribution in [3.63, 3.8) is 0 Å². The molecule has 0 aromatic carbocycles. The number of nitrogens with zero attached hydrogens (tertiary/aromatic N) is 2. The van der Waals surface area contributed by atoms with Crippen LogP contribution in [0.5, 0.6) is 0 Å². The normalized spacial score (nSPS) is 14.5. The number of carboxylic acid groups (broad SMARTS) is 1. The number of hydrogen-bond acceptors (Lipinski definition) is 8. The van der Waals surface area contributed by atoms with Gasteiger partial charge in [0.05, 0.1) is 18.7 Å². The molecule has 8 N–H and O–H groups in total. The van der Waals surface area contributed by atoms with Crippen molar-refractivity contribution >= 4 is 35.5 Å². The summed E-state index contributed by atoms with van der Waals surface area (Å²) in [5.74, 6) is -2.67. The molecule has 3 amide bonds. The van der Waals surface area contributed by atoms with E-state index in [2.05, 4.69) is 35.9 Å². The smallest absolute Gasteiger partial charge is 0.326 e. The van der Waals surface area contributed by atoms with E-state index in [1.165, 1.54) is 25.0 Å². The number of carbonyl (C=O) groups is 4. The van der Waals surface area contributed by atoms with E-state index in [-0.39, 0.29) is 18.8 Å². The van der Waals surface area contributed by atoms with E-state index in [0.29, 0.717) is 23.6 Å². The largest absolute Gasteiger partial charge is 0.480 e. The van der Waals surface area contributed by atoms with Gasteiger partial charge in [0, 0.05) is 36.6 Å². The van der Waals surface area contributed by atoms with Crippen molar-refractivity contribution < 1.29 is 24.3 Å². The highest BCUT2D eigenvalue weighted by atomic mass is 32.2. The fourth-order valence-electron chi connectivity index (χ4n) is 3.35. The first-order valence-corrected chi connectivity index (χ1v) is 12.8. The van der Waals surface area contributed by atoms with Crippen LogP contribution in [0.1, 0.15) is 31.7 Å². The van der Waals surface area contributed by atoms with Gasteiger partial charge in [0.1, 0.15) is 18.1 Å². The molecule has 14 heteroatoms. The van der Waals surface area contributed by atoms with Gasteiger partial charge in [-0.15, -0.1) is 0 Å². The summed E-state index contributed by atoms with van der Waals surface area (Å²) in [4.78, 5) is 64.0. The highest BCUT2D eigenvalue weighted by Gasteiger charge is 2.32. The zero-order valence-electron chi connectivity index (χ0n) is 20.5. The fraction of sp³-hybridized carbons (Fsp3) is 0.545. The molecule has 0 saturated carbocycles. The second-order valence-corrected chi connectivity index (χ2v) is 9.63. The summed E-state index contributed by atoms with van der Waals surface area (Å²) in [7, 11) is 0. The molecule has 0 aliphatic rings. The molecule has 4 unspecified atom stereocenters. The number of aliphatic carboxylic acids is 1. The molecule has 0 bridgehead atoms. The van der Waals surface area contributed by atoms with Crippen molar-refractivity contribution in [2.45, 2.75) is 57.3 Å². The monoisotopic (exact) mass is 522 g/mol. The molecule has 0 fully saturated rings. The molecule has 2 heterocycles. The van der Waals surface area contributed by atoms with E-state index in [9.17, 15) is 24.3 Å². The number of rotatable bonds is 15. The predicted molar refractivity (Wildman–Crippen MR) is 134 cm³/mol. The lowest BCUT2D eigenvalue weighted by molar-refractivity contribution is -0.142. The quantitative estimate of drug-likeness (QED) is 0.156. The number of aromatic amines is 2. The Morgan fingerprint density at radius 1 is 0.944 bits per heavy atom. The minimum absolute atomic E-state index is 0.00766. The molecule has 13 nitrogen and oxygen atoms in total. The van der Waals surface area contributed by atoms with E-state index in [1.54, 1.807) is 25.6 Å². The SMILES string of the molecule is CSCCC(N)C(=O)NC(Cc1cnc[nH]1)C(=O)NC(C(=O)NC(Cc1cnc[nH]1)C(=O)O)C(C)C. The van der Waals surface area contributed by atoms with Gasteiger partial charge in [0.25, 0.3) is 0 Å².